The summed E-state index contributed by atoms with van der Waals surface area (Å²) in [5.41, 5.74) is 0.490. The second kappa shape index (κ2) is 8.41. The van der Waals surface area contributed by atoms with Crippen LogP contribution in [0.5, 0.6) is 0 Å². The highest BCUT2D eigenvalue weighted by Gasteiger charge is 2.42. The van der Waals surface area contributed by atoms with E-state index in [9.17, 15) is 27.1 Å². The summed E-state index contributed by atoms with van der Waals surface area (Å²) < 4.78 is 66.6. The highest BCUT2D eigenvalue weighted by molar-refractivity contribution is 7.99. The van der Waals surface area contributed by atoms with Gasteiger partial charge >= 0.3 is 12.1 Å². The highest BCUT2D eigenvalue weighted by Crippen LogP contribution is 2.33. The van der Waals surface area contributed by atoms with Crippen molar-refractivity contribution in [1.29, 1.82) is 0 Å². The molecule has 1 aromatic carbocycles. The number of hydrogen-bond donors (Lipinski definition) is 1. The predicted octanol–water partition coefficient (Wildman–Crippen LogP) is 3.54. The number of benzene rings is 1. The van der Waals surface area contributed by atoms with Gasteiger partial charge in [-0.1, -0.05) is 18.2 Å². The van der Waals surface area contributed by atoms with Crippen LogP contribution in [0.25, 0.3) is 11.1 Å². The number of hydrogen-bond acceptors (Lipinski definition) is 6. The molecule has 29 heavy (non-hydrogen) atoms. The molecule has 1 N–H and O–H groups in total. The van der Waals surface area contributed by atoms with Crippen LogP contribution >= 0.6 is 11.8 Å². The first-order chi connectivity index (χ1) is 13.6. The average molecular weight is 431 g/mol. The molecular weight excluding hydrogens is 417 g/mol. The van der Waals surface area contributed by atoms with E-state index in [1.807, 2.05) is 0 Å². The molecule has 0 amide bonds. The van der Waals surface area contributed by atoms with Crippen molar-refractivity contribution in [2.24, 2.45) is 0 Å². The second-order valence-corrected chi connectivity index (χ2v) is 7.08. The number of thioether (sulfide) groups is 1. The number of halogens is 5. The second-order valence-electron chi connectivity index (χ2n) is 6.03. The molecule has 2 aromatic heterocycles. The normalized spacial score (nSPS) is 13.4. The lowest BCUT2D eigenvalue weighted by Crippen LogP contribution is -2.35. The standard InChI is InChI=1S/C17H14F5N5OS/c18-16(19,20)9-29-13-4-1-11(2-5-13)12-3-6-14(23-7-12)17(21,22)15(28)8-27-10-24-25-26-27/h1-7,10,15,28H,8-9H2. The molecule has 0 saturated carbocycles. The van der Waals surface area contributed by atoms with Crippen LogP contribution in [0.15, 0.2) is 53.8 Å². The minimum absolute atomic E-state index is 0.438. The van der Waals surface area contributed by atoms with Crippen LogP contribution in [-0.4, -0.2) is 48.3 Å². The fraction of sp³-hybridized carbons (Fsp3) is 0.294. The van der Waals surface area contributed by atoms with Gasteiger partial charge in [0.2, 0.25) is 0 Å². The topological polar surface area (TPSA) is 76.7 Å². The lowest BCUT2D eigenvalue weighted by atomic mass is 10.0. The minimum Gasteiger partial charge on any atom is -0.384 e. The molecule has 12 heteroatoms. The van der Waals surface area contributed by atoms with Crippen LogP contribution in [0.3, 0.4) is 0 Å². The van der Waals surface area contributed by atoms with E-state index in [4.69, 9.17) is 0 Å². The monoisotopic (exact) mass is 431 g/mol. The van der Waals surface area contributed by atoms with Gasteiger partial charge in [-0.25, -0.2) is 4.68 Å². The molecule has 2 heterocycles. The Morgan fingerprint density at radius 1 is 1.00 bits per heavy atom. The van der Waals surface area contributed by atoms with Crippen molar-refractivity contribution >= 4 is 11.8 Å². The maximum absolute atomic E-state index is 14.4. The van der Waals surface area contributed by atoms with Crippen LogP contribution in [0.1, 0.15) is 5.69 Å². The van der Waals surface area contributed by atoms with Gasteiger partial charge in [0.05, 0.1) is 12.3 Å². The Morgan fingerprint density at radius 3 is 2.24 bits per heavy atom. The first-order valence-corrected chi connectivity index (χ1v) is 9.17. The largest absolute Gasteiger partial charge is 0.398 e. The SMILES string of the molecule is OC(Cn1cnnn1)C(F)(F)c1ccc(-c2ccc(SCC(F)(F)F)cc2)cn1. The molecule has 0 aliphatic rings. The first-order valence-electron chi connectivity index (χ1n) is 8.18. The van der Waals surface area contributed by atoms with Gasteiger partial charge in [-0.3, -0.25) is 4.98 Å². The number of aliphatic hydroxyl groups is 1. The Balaban J connectivity index is 1.69. The molecule has 3 rings (SSSR count). The van der Waals surface area contributed by atoms with Crippen LogP contribution in [0, 0.1) is 0 Å². The fourth-order valence-corrected chi connectivity index (χ4v) is 3.06. The van der Waals surface area contributed by atoms with Crippen molar-refractivity contribution < 1.29 is 27.1 Å². The van der Waals surface area contributed by atoms with Crippen LogP contribution < -0.4 is 0 Å². The first kappa shape index (κ1) is 21.1. The maximum atomic E-state index is 14.4. The third-order valence-electron chi connectivity index (χ3n) is 3.87. The summed E-state index contributed by atoms with van der Waals surface area (Å²) in [6.07, 6.45) is -4.03. The maximum Gasteiger partial charge on any atom is 0.398 e. The Labute approximate surface area is 165 Å². The molecule has 154 valence electrons. The van der Waals surface area contributed by atoms with Gasteiger partial charge < -0.3 is 5.11 Å². The Kier molecular flexibility index (Phi) is 6.13. The molecule has 1 atom stereocenters. The summed E-state index contributed by atoms with van der Waals surface area (Å²) in [6, 6.07) is 8.69. The molecule has 0 fully saturated rings. The van der Waals surface area contributed by atoms with Crippen LogP contribution in [0.4, 0.5) is 22.0 Å². The Bertz CT molecular complexity index is 917. The number of alkyl halides is 5. The molecule has 3 aromatic rings. The highest BCUT2D eigenvalue weighted by atomic mass is 32.2. The van der Waals surface area contributed by atoms with Gasteiger partial charge in [0, 0.05) is 16.7 Å². The molecule has 6 nitrogen and oxygen atoms in total. The van der Waals surface area contributed by atoms with Gasteiger partial charge in [0.15, 0.2) is 0 Å². The van der Waals surface area contributed by atoms with E-state index in [2.05, 4.69) is 20.5 Å². The summed E-state index contributed by atoms with van der Waals surface area (Å²) >= 11 is 0.658. The van der Waals surface area contributed by atoms with Gasteiger partial charge in [0.1, 0.15) is 18.1 Å². The summed E-state index contributed by atoms with van der Waals surface area (Å²) in [5.74, 6) is -4.63. The zero-order chi connectivity index (χ0) is 21.1. The Morgan fingerprint density at radius 2 is 1.69 bits per heavy atom. The van der Waals surface area contributed by atoms with Crippen molar-refractivity contribution in [1.82, 2.24) is 25.2 Å². The summed E-state index contributed by atoms with van der Waals surface area (Å²) in [4.78, 5) is 4.18. The quantitative estimate of drug-likeness (QED) is 0.456. The molecular formula is C17H14F5N5OS. The third kappa shape index (κ3) is 5.48. The van der Waals surface area contributed by atoms with E-state index in [-0.39, 0.29) is 0 Å². The molecule has 0 aliphatic heterocycles. The molecule has 0 radical (unpaired) electrons. The molecule has 0 bridgehead atoms. The van der Waals surface area contributed by atoms with E-state index in [0.717, 1.165) is 17.1 Å². The van der Waals surface area contributed by atoms with Gasteiger partial charge in [-0.15, -0.1) is 16.9 Å². The molecule has 0 aliphatic carbocycles. The lowest BCUT2D eigenvalue weighted by molar-refractivity contribution is -0.124. The van der Waals surface area contributed by atoms with E-state index in [0.29, 0.717) is 27.8 Å². The van der Waals surface area contributed by atoms with Gasteiger partial charge in [-0.2, -0.15) is 22.0 Å². The summed E-state index contributed by atoms with van der Waals surface area (Å²) in [7, 11) is 0. The molecule has 0 spiro atoms. The molecule has 0 saturated heterocycles. The number of rotatable bonds is 7. The van der Waals surface area contributed by atoms with Crippen molar-refractivity contribution in [3.63, 3.8) is 0 Å². The van der Waals surface area contributed by atoms with E-state index in [1.54, 1.807) is 12.1 Å². The fourth-order valence-electron chi connectivity index (χ4n) is 2.40. The minimum atomic E-state index is -4.26. The zero-order valence-corrected chi connectivity index (χ0v) is 15.4. The van der Waals surface area contributed by atoms with Crippen LogP contribution in [-0.2, 0) is 12.5 Å². The van der Waals surface area contributed by atoms with E-state index < -0.39 is 36.2 Å². The van der Waals surface area contributed by atoms with Gasteiger partial charge in [-0.05, 0) is 34.2 Å². The van der Waals surface area contributed by atoms with Crippen LogP contribution in [0.2, 0.25) is 0 Å². The summed E-state index contributed by atoms with van der Waals surface area (Å²) in [6.45, 7) is -0.513. The lowest BCUT2D eigenvalue weighted by Gasteiger charge is -2.21. The number of pyridine rings is 1. The molecule has 1 unspecified atom stereocenters. The van der Waals surface area contributed by atoms with Crippen molar-refractivity contribution in [3.8, 4) is 11.1 Å². The van der Waals surface area contributed by atoms with Crippen molar-refractivity contribution in [2.75, 3.05) is 5.75 Å². The number of aromatic nitrogens is 5. The number of tetrazole rings is 1. The number of nitrogens with zero attached hydrogens (tertiary/aromatic N) is 5. The number of aliphatic hydroxyl groups excluding tert-OH is 1. The van der Waals surface area contributed by atoms with E-state index in [1.165, 1.54) is 24.4 Å². The smallest absolute Gasteiger partial charge is 0.384 e. The summed E-state index contributed by atoms with van der Waals surface area (Å²) in [5, 5.41) is 19.9. The van der Waals surface area contributed by atoms with E-state index >= 15 is 0 Å². The third-order valence-corrected chi connectivity index (χ3v) is 4.94. The van der Waals surface area contributed by atoms with Crippen molar-refractivity contribution in [3.05, 3.63) is 54.6 Å². The van der Waals surface area contributed by atoms with Gasteiger partial charge in [0.25, 0.3) is 0 Å². The van der Waals surface area contributed by atoms with Crippen molar-refractivity contribution in [2.45, 2.75) is 29.6 Å². The zero-order valence-electron chi connectivity index (χ0n) is 14.6. The predicted molar refractivity (Wildman–Crippen MR) is 94.2 cm³/mol. The Hall–Kier alpha value is -2.60. The average Bonchev–Trinajstić information content (AvgIpc) is 3.19.